The number of non-ortho nitro benzene ring substituents is 1. The highest BCUT2D eigenvalue weighted by atomic mass is 32.2. The maximum absolute atomic E-state index is 12.3. The molecule has 1 fully saturated rings. The summed E-state index contributed by atoms with van der Waals surface area (Å²) in [6.07, 6.45) is 5.40. The van der Waals surface area contributed by atoms with Crippen molar-refractivity contribution < 1.29 is 13.3 Å². The number of hydrogen-bond acceptors (Lipinski definition) is 5. The number of aromatic nitrogens is 2. The fraction of sp³-hybridized carbons (Fsp3) is 0.357. The fourth-order valence-corrected chi connectivity index (χ4v) is 3.45. The van der Waals surface area contributed by atoms with Crippen LogP contribution in [0, 0.1) is 16.0 Å². The van der Waals surface area contributed by atoms with Crippen molar-refractivity contribution in [2.45, 2.75) is 30.7 Å². The van der Waals surface area contributed by atoms with Gasteiger partial charge in [0.25, 0.3) is 15.7 Å². The predicted octanol–water partition coefficient (Wildman–Crippen LogP) is 2.56. The Morgan fingerprint density at radius 3 is 2.83 bits per heavy atom. The predicted molar refractivity (Wildman–Crippen MR) is 83.6 cm³/mol. The van der Waals surface area contributed by atoms with Gasteiger partial charge in [0.2, 0.25) is 0 Å². The number of anilines is 1. The van der Waals surface area contributed by atoms with Gasteiger partial charge in [-0.3, -0.25) is 19.5 Å². The third-order valence-corrected chi connectivity index (χ3v) is 5.29. The van der Waals surface area contributed by atoms with Gasteiger partial charge in [-0.2, -0.15) is 5.10 Å². The first-order chi connectivity index (χ1) is 10.9. The maximum atomic E-state index is 12.3. The molecule has 1 aliphatic carbocycles. The van der Waals surface area contributed by atoms with Gasteiger partial charge < -0.3 is 0 Å². The first-order valence-electron chi connectivity index (χ1n) is 7.18. The highest BCUT2D eigenvalue weighted by Gasteiger charge is 2.29. The van der Waals surface area contributed by atoms with E-state index < -0.39 is 14.9 Å². The van der Waals surface area contributed by atoms with Crippen LogP contribution >= 0.6 is 0 Å². The zero-order valence-corrected chi connectivity index (χ0v) is 13.2. The van der Waals surface area contributed by atoms with Crippen molar-refractivity contribution in [1.82, 2.24) is 9.78 Å². The van der Waals surface area contributed by atoms with Crippen molar-refractivity contribution >= 4 is 21.4 Å². The van der Waals surface area contributed by atoms with E-state index in [9.17, 15) is 18.5 Å². The highest BCUT2D eigenvalue weighted by molar-refractivity contribution is 7.92. The first-order valence-corrected chi connectivity index (χ1v) is 8.66. The second kappa shape index (κ2) is 5.65. The second-order valence-electron chi connectivity index (χ2n) is 5.65. The third kappa shape index (κ3) is 3.34. The molecule has 1 aliphatic rings. The lowest BCUT2D eigenvalue weighted by atomic mass is 10.2. The molecular weight excluding hydrogens is 320 g/mol. The first kappa shape index (κ1) is 15.5. The molecule has 0 aliphatic heterocycles. The minimum Gasteiger partial charge on any atom is -0.276 e. The summed E-state index contributed by atoms with van der Waals surface area (Å²) in [7, 11) is -3.89. The number of nitrogens with zero attached hydrogens (tertiary/aromatic N) is 3. The Kier molecular flexibility index (Phi) is 3.80. The van der Waals surface area contributed by atoms with Crippen molar-refractivity contribution in [3.05, 3.63) is 46.8 Å². The number of nitro groups is 1. The summed E-state index contributed by atoms with van der Waals surface area (Å²) in [5.74, 6) is 0.594. The minimum atomic E-state index is -3.89. The molecule has 1 aromatic heterocycles. The van der Waals surface area contributed by atoms with Gasteiger partial charge in [0.15, 0.2) is 0 Å². The Bertz CT molecular complexity index is 842. The number of hydrogen-bond donors (Lipinski definition) is 1. The fourth-order valence-electron chi connectivity index (χ4n) is 2.39. The van der Waals surface area contributed by atoms with Crippen LogP contribution in [0.15, 0.2) is 41.6 Å². The van der Waals surface area contributed by atoms with Gasteiger partial charge in [-0.15, -0.1) is 0 Å². The second-order valence-corrected chi connectivity index (χ2v) is 7.33. The lowest BCUT2D eigenvalue weighted by Gasteiger charge is -2.10. The molecule has 0 bridgehead atoms. The summed E-state index contributed by atoms with van der Waals surface area (Å²) in [4.78, 5) is 9.98. The van der Waals surface area contributed by atoms with Gasteiger partial charge in [-0.1, -0.05) is 6.07 Å². The highest BCUT2D eigenvalue weighted by Crippen LogP contribution is 2.39. The number of rotatable bonds is 6. The molecule has 23 heavy (non-hydrogen) atoms. The van der Waals surface area contributed by atoms with Gasteiger partial charge >= 0.3 is 0 Å². The average molecular weight is 336 g/mol. The van der Waals surface area contributed by atoms with E-state index in [1.165, 1.54) is 24.4 Å². The molecule has 8 nitrogen and oxygen atoms in total. The number of nitro benzene ring substituents is 1. The molecule has 1 N–H and O–H groups in total. The van der Waals surface area contributed by atoms with E-state index in [2.05, 4.69) is 9.82 Å². The van der Waals surface area contributed by atoms with E-state index in [4.69, 9.17) is 0 Å². The molecule has 1 atom stereocenters. The van der Waals surface area contributed by atoms with Crippen LogP contribution in [0.5, 0.6) is 0 Å². The van der Waals surface area contributed by atoms with Crippen LogP contribution in [-0.4, -0.2) is 23.1 Å². The number of nitrogens with one attached hydrogen (secondary N) is 1. The van der Waals surface area contributed by atoms with Crippen LogP contribution in [0.1, 0.15) is 25.8 Å². The van der Waals surface area contributed by atoms with E-state index in [-0.39, 0.29) is 16.6 Å². The summed E-state index contributed by atoms with van der Waals surface area (Å²) in [5, 5.41) is 14.9. The summed E-state index contributed by atoms with van der Waals surface area (Å²) >= 11 is 0. The van der Waals surface area contributed by atoms with Crippen LogP contribution in [0.3, 0.4) is 0 Å². The summed E-state index contributed by atoms with van der Waals surface area (Å²) in [6.45, 7) is 2.05. The molecule has 0 amide bonds. The van der Waals surface area contributed by atoms with Crippen molar-refractivity contribution in [3.8, 4) is 0 Å². The molecule has 1 saturated carbocycles. The zero-order chi connectivity index (χ0) is 16.6. The lowest BCUT2D eigenvalue weighted by Crippen LogP contribution is -2.13. The van der Waals surface area contributed by atoms with E-state index >= 15 is 0 Å². The normalized spacial score (nSPS) is 16.0. The Balaban J connectivity index is 1.81. The van der Waals surface area contributed by atoms with E-state index in [0.717, 1.165) is 18.9 Å². The summed E-state index contributed by atoms with van der Waals surface area (Å²) in [6, 6.07) is 5.15. The zero-order valence-electron chi connectivity index (χ0n) is 12.4. The number of benzene rings is 1. The lowest BCUT2D eigenvalue weighted by molar-refractivity contribution is -0.385. The largest absolute Gasteiger partial charge is 0.276 e. The quantitative estimate of drug-likeness (QED) is 0.644. The van der Waals surface area contributed by atoms with Gasteiger partial charge in [0.05, 0.1) is 27.7 Å². The van der Waals surface area contributed by atoms with Gasteiger partial charge in [0, 0.05) is 18.3 Å². The molecule has 0 saturated heterocycles. The SMILES string of the molecule is C[C@H](C1CC1)n1cc(NS(=O)(=O)c2cccc([N+](=O)[O-])c2)cn1. The van der Waals surface area contributed by atoms with Gasteiger partial charge in [-0.25, -0.2) is 8.42 Å². The molecule has 0 unspecified atom stereocenters. The van der Waals surface area contributed by atoms with Gasteiger partial charge in [-0.05, 0) is 31.7 Å². The van der Waals surface area contributed by atoms with Crippen molar-refractivity contribution in [2.24, 2.45) is 5.92 Å². The molecule has 0 spiro atoms. The molecule has 2 aromatic rings. The van der Waals surface area contributed by atoms with Crippen molar-refractivity contribution in [1.29, 1.82) is 0 Å². The topological polar surface area (TPSA) is 107 Å². The van der Waals surface area contributed by atoms with E-state index in [0.29, 0.717) is 11.6 Å². The summed E-state index contributed by atoms with van der Waals surface area (Å²) in [5.41, 5.74) is 0.0648. The molecule has 1 heterocycles. The van der Waals surface area contributed by atoms with E-state index in [1.54, 1.807) is 10.9 Å². The molecule has 9 heteroatoms. The maximum Gasteiger partial charge on any atom is 0.270 e. The number of sulfonamides is 1. The van der Waals surface area contributed by atoms with E-state index in [1.807, 2.05) is 6.92 Å². The smallest absolute Gasteiger partial charge is 0.270 e. The van der Waals surface area contributed by atoms with Crippen LogP contribution in [0.2, 0.25) is 0 Å². The molecule has 0 radical (unpaired) electrons. The Morgan fingerprint density at radius 2 is 2.17 bits per heavy atom. The molecule has 1 aromatic carbocycles. The molecule has 3 rings (SSSR count). The average Bonchev–Trinajstić information content (AvgIpc) is 3.27. The van der Waals surface area contributed by atoms with Gasteiger partial charge in [0.1, 0.15) is 0 Å². The van der Waals surface area contributed by atoms with Crippen LogP contribution in [-0.2, 0) is 10.0 Å². The van der Waals surface area contributed by atoms with Crippen LogP contribution < -0.4 is 4.72 Å². The Hall–Kier alpha value is -2.42. The van der Waals surface area contributed by atoms with Crippen LogP contribution in [0.25, 0.3) is 0 Å². The monoisotopic (exact) mass is 336 g/mol. The Labute approximate surface area is 133 Å². The summed E-state index contributed by atoms with van der Waals surface area (Å²) < 4.78 is 28.8. The molecule has 122 valence electrons. The standard InChI is InChI=1S/C14H16N4O4S/c1-10(11-5-6-11)17-9-12(8-15-17)16-23(21,22)14-4-2-3-13(7-14)18(19)20/h2-4,7-11,16H,5-6H2,1H3/t10-/m1/s1. The van der Waals surface area contributed by atoms with Crippen molar-refractivity contribution in [3.63, 3.8) is 0 Å². The van der Waals surface area contributed by atoms with Crippen molar-refractivity contribution in [2.75, 3.05) is 4.72 Å². The van der Waals surface area contributed by atoms with Crippen LogP contribution in [0.4, 0.5) is 11.4 Å². The molecular formula is C14H16N4O4S. The third-order valence-electron chi connectivity index (χ3n) is 3.91. The Morgan fingerprint density at radius 1 is 1.43 bits per heavy atom. The minimum absolute atomic E-state index is 0.158.